The molecule has 0 saturated carbocycles. The van der Waals surface area contributed by atoms with Crippen molar-refractivity contribution >= 4 is 86.8 Å². The number of rotatable bonds is 9. The van der Waals surface area contributed by atoms with Gasteiger partial charge in [-0.25, -0.2) is 9.36 Å². The first-order chi connectivity index (χ1) is 23.9. The summed E-state index contributed by atoms with van der Waals surface area (Å²) < 4.78 is 105. The van der Waals surface area contributed by atoms with Gasteiger partial charge in [-0.2, -0.15) is 30.4 Å². The van der Waals surface area contributed by atoms with E-state index in [0.717, 1.165) is 30.3 Å². The number of carbonyl (C=O) groups is 1. The molecule has 7 N–H and O–H groups in total. The van der Waals surface area contributed by atoms with Crippen molar-refractivity contribution in [3.05, 3.63) is 90.8 Å². The molecule has 0 aliphatic heterocycles. The fraction of sp³-hybridized carbons (Fsp3) is 0. The number of hydrogen-bond acceptors (Lipinski definition) is 14. The molecular formula is C29H21N8O11S3+. The number of anilines is 3. The monoisotopic (exact) mass is 753 g/mol. The number of aromatic carboxylic acids is 1. The molecular weight excluding hydrogens is 733 g/mol. The molecule has 19 nitrogen and oxygen atoms in total. The lowest BCUT2D eigenvalue weighted by molar-refractivity contribution is -0.603. The van der Waals surface area contributed by atoms with Crippen molar-refractivity contribution in [3.8, 4) is 5.95 Å². The summed E-state index contributed by atoms with van der Waals surface area (Å²) in [6.07, 6.45) is 2.68. The van der Waals surface area contributed by atoms with Gasteiger partial charge < -0.3 is 16.2 Å². The third-order valence-electron chi connectivity index (χ3n) is 7.15. The van der Waals surface area contributed by atoms with Crippen molar-refractivity contribution in [2.45, 2.75) is 14.7 Å². The van der Waals surface area contributed by atoms with Gasteiger partial charge in [-0.1, -0.05) is 24.3 Å². The lowest BCUT2D eigenvalue weighted by Gasteiger charge is -2.12. The summed E-state index contributed by atoms with van der Waals surface area (Å²) in [6, 6.07) is 14.7. The topological polar surface area (TPSA) is 306 Å². The van der Waals surface area contributed by atoms with E-state index in [1.807, 2.05) is 0 Å². The highest BCUT2D eigenvalue weighted by Crippen LogP contribution is 2.39. The molecule has 4 aromatic carbocycles. The normalized spacial score (nSPS) is 12.5. The van der Waals surface area contributed by atoms with Crippen LogP contribution in [0, 0.1) is 0 Å². The summed E-state index contributed by atoms with van der Waals surface area (Å²) in [4.78, 5) is 21.7. The molecule has 6 aromatic rings. The Morgan fingerprint density at radius 3 is 2.06 bits per heavy atom. The molecule has 0 amide bonds. The van der Waals surface area contributed by atoms with Crippen LogP contribution < -0.4 is 15.6 Å². The molecule has 0 unspecified atom stereocenters. The van der Waals surface area contributed by atoms with Gasteiger partial charge in [0.05, 0.1) is 35.0 Å². The number of nitrogen functional groups attached to an aromatic ring is 1. The Morgan fingerprint density at radius 2 is 1.39 bits per heavy atom. The average molecular weight is 754 g/mol. The van der Waals surface area contributed by atoms with E-state index in [0.29, 0.717) is 0 Å². The first kappa shape index (κ1) is 34.8. The SMILES string of the molecule is Nc1nc(Nc2ccc(N=Nc3cc(S(=O)(=O)O)c4cccc(S(=O)(=O)O)c4c3)c3cccc(S(=O)(=O)O)c23)nc(-[n+]2cccc(C(=O)O)c2)n1. The Balaban J connectivity index is 1.49. The highest BCUT2D eigenvalue weighted by molar-refractivity contribution is 7.86. The lowest BCUT2D eigenvalue weighted by atomic mass is 10.1. The van der Waals surface area contributed by atoms with Crippen molar-refractivity contribution in [2.24, 2.45) is 10.2 Å². The number of fused-ring (bicyclic) bond motifs is 2. The number of nitrogens with zero attached hydrogens (tertiary/aromatic N) is 6. The molecule has 0 spiro atoms. The molecule has 260 valence electrons. The Labute approximate surface area is 287 Å². The summed E-state index contributed by atoms with van der Waals surface area (Å²) in [6.45, 7) is 0. The van der Waals surface area contributed by atoms with E-state index < -0.39 is 51.0 Å². The highest BCUT2D eigenvalue weighted by Gasteiger charge is 2.24. The molecule has 0 atom stereocenters. The van der Waals surface area contributed by atoms with Crippen molar-refractivity contribution in [1.82, 2.24) is 15.0 Å². The maximum Gasteiger partial charge on any atom is 0.444 e. The molecule has 2 aromatic heterocycles. The zero-order chi connectivity index (χ0) is 36.9. The van der Waals surface area contributed by atoms with Crippen molar-refractivity contribution in [3.63, 3.8) is 0 Å². The molecule has 51 heavy (non-hydrogen) atoms. The maximum atomic E-state index is 12.5. The maximum absolute atomic E-state index is 12.5. The number of carboxylic acid groups (broad SMARTS) is 1. The third kappa shape index (κ3) is 7.16. The van der Waals surface area contributed by atoms with Gasteiger partial charge in [-0.15, -0.1) is 10.1 Å². The van der Waals surface area contributed by atoms with E-state index in [9.17, 15) is 48.8 Å². The average Bonchev–Trinajstić information content (AvgIpc) is 3.05. The van der Waals surface area contributed by atoms with E-state index in [2.05, 4.69) is 30.5 Å². The minimum Gasteiger partial charge on any atom is -0.478 e. The van der Waals surface area contributed by atoms with Gasteiger partial charge in [-0.3, -0.25) is 13.7 Å². The van der Waals surface area contributed by atoms with Gasteiger partial charge in [0.2, 0.25) is 0 Å². The van der Waals surface area contributed by atoms with Crippen LogP contribution in [-0.4, -0.2) is 64.9 Å². The summed E-state index contributed by atoms with van der Waals surface area (Å²) in [5.41, 5.74) is 5.49. The number of benzene rings is 4. The molecule has 0 radical (unpaired) electrons. The minimum absolute atomic E-state index is 0.00942. The first-order valence-electron chi connectivity index (χ1n) is 13.9. The Hall–Kier alpha value is -6.04. The molecule has 0 aliphatic carbocycles. The minimum atomic E-state index is -4.95. The second-order valence-electron chi connectivity index (χ2n) is 10.5. The number of nitrogens with two attached hydrogens (primary N) is 1. The van der Waals surface area contributed by atoms with Gasteiger partial charge in [0.15, 0.2) is 0 Å². The van der Waals surface area contributed by atoms with E-state index in [-0.39, 0.29) is 62.0 Å². The van der Waals surface area contributed by atoms with E-state index in [4.69, 9.17) is 5.73 Å². The smallest absolute Gasteiger partial charge is 0.444 e. The number of carboxylic acids is 1. The Kier molecular flexibility index (Phi) is 8.66. The van der Waals surface area contributed by atoms with Crippen LogP contribution in [0.3, 0.4) is 0 Å². The van der Waals surface area contributed by atoms with Crippen LogP contribution in [0.2, 0.25) is 0 Å². The largest absolute Gasteiger partial charge is 0.478 e. The summed E-state index contributed by atoms with van der Waals surface area (Å²) in [5, 5.41) is 19.7. The fourth-order valence-corrected chi connectivity index (χ4v) is 7.23. The molecule has 0 aliphatic rings. The first-order valence-corrected chi connectivity index (χ1v) is 18.2. The summed E-state index contributed by atoms with van der Waals surface area (Å²) in [7, 11) is -14.7. The van der Waals surface area contributed by atoms with Crippen molar-refractivity contribution in [1.29, 1.82) is 0 Å². The molecule has 2 heterocycles. The molecule has 0 fully saturated rings. The zero-order valence-corrected chi connectivity index (χ0v) is 27.7. The lowest BCUT2D eigenvalue weighted by Crippen LogP contribution is -2.34. The predicted molar refractivity (Wildman–Crippen MR) is 178 cm³/mol. The van der Waals surface area contributed by atoms with Crippen LogP contribution in [0.25, 0.3) is 27.5 Å². The third-order valence-corrected chi connectivity index (χ3v) is 9.86. The number of aromatic nitrogens is 4. The second-order valence-corrected chi connectivity index (χ2v) is 14.6. The summed E-state index contributed by atoms with van der Waals surface area (Å²) >= 11 is 0. The predicted octanol–water partition coefficient (Wildman–Crippen LogP) is 3.63. The van der Waals surface area contributed by atoms with Crippen LogP contribution in [0.1, 0.15) is 10.4 Å². The molecule has 0 saturated heterocycles. The van der Waals surface area contributed by atoms with Gasteiger partial charge >= 0.3 is 23.8 Å². The van der Waals surface area contributed by atoms with Crippen LogP contribution in [0.4, 0.5) is 29.0 Å². The van der Waals surface area contributed by atoms with Crippen molar-refractivity contribution < 1.29 is 53.4 Å². The van der Waals surface area contributed by atoms with Crippen LogP contribution in [0.15, 0.2) is 110 Å². The second kappa shape index (κ2) is 12.7. The van der Waals surface area contributed by atoms with Crippen molar-refractivity contribution in [2.75, 3.05) is 11.1 Å². The molecule has 6 rings (SSSR count). The van der Waals surface area contributed by atoms with Crippen LogP contribution in [0.5, 0.6) is 0 Å². The van der Waals surface area contributed by atoms with E-state index >= 15 is 0 Å². The number of nitrogens with one attached hydrogen (secondary N) is 1. The highest BCUT2D eigenvalue weighted by atomic mass is 32.2. The van der Waals surface area contributed by atoms with E-state index in [1.54, 1.807) is 0 Å². The fourth-order valence-electron chi connectivity index (χ4n) is 5.08. The van der Waals surface area contributed by atoms with Gasteiger partial charge in [0, 0.05) is 21.5 Å². The van der Waals surface area contributed by atoms with Crippen LogP contribution in [-0.2, 0) is 30.4 Å². The zero-order valence-electron chi connectivity index (χ0n) is 25.2. The molecule has 0 bridgehead atoms. The molecule has 22 heteroatoms. The van der Waals surface area contributed by atoms with E-state index in [1.165, 1.54) is 59.4 Å². The van der Waals surface area contributed by atoms with Gasteiger partial charge in [-0.05, 0) is 58.5 Å². The summed E-state index contributed by atoms with van der Waals surface area (Å²) in [5.74, 6) is -1.82. The Morgan fingerprint density at radius 1 is 0.725 bits per heavy atom. The van der Waals surface area contributed by atoms with Gasteiger partial charge in [0.1, 0.15) is 14.7 Å². The number of hydrogen-bond donors (Lipinski definition) is 6. The van der Waals surface area contributed by atoms with Gasteiger partial charge in [0.25, 0.3) is 30.4 Å². The van der Waals surface area contributed by atoms with Crippen LogP contribution >= 0.6 is 0 Å². The number of pyridine rings is 1. The Bertz CT molecular complexity index is 2820. The standard InChI is InChI=1S/C29H20N8O11S3/c30-27-32-28(34-29(33-27)37-11-3-4-15(14-37)26(38)39)31-21-10-9-20(18-6-2-8-23(25(18)21)50(43,44)45)36-35-16-12-19-17(24(13-16)51(46,47)48)5-1-7-22(19)49(40,41)42/h1-14H,(H6-,30,31,32,33,34,35,38,39,40,41,42,43,44,45,46,47,48)/p+1. The quantitative estimate of drug-likeness (QED) is 0.0697. The number of azo groups is 1.